The Morgan fingerprint density at radius 2 is 1.91 bits per heavy atom. The number of rotatable bonds is 3. The summed E-state index contributed by atoms with van der Waals surface area (Å²) in [6, 6.07) is -0.148. The second kappa shape index (κ2) is 2.75. The summed E-state index contributed by atoms with van der Waals surface area (Å²) in [5.74, 6) is 0.458. The van der Waals surface area contributed by atoms with E-state index in [9.17, 15) is 8.42 Å². The third-order valence-electron chi connectivity index (χ3n) is 2.38. The minimum absolute atomic E-state index is 0.148. The lowest BCUT2D eigenvalue weighted by Gasteiger charge is -2.16. The van der Waals surface area contributed by atoms with Crippen molar-refractivity contribution in [3.05, 3.63) is 0 Å². The van der Waals surface area contributed by atoms with E-state index in [1.165, 1.54) is 6.26 Å². The first-order valence-electron chi connectivity index (χ1n) is 3.87. The molecule has 1 aliphatic rings. The van der Waals surface area contributed by atoms with Crippen LogP contribution in [0, 0.1) is 5.92 Å². The number of nitrogens with two attached hydrogens (primary N) is 1. The Morgan fingerprint density at radius 3 is 2.18 bits per heavy atom. The van der Waals surface area contributed by atoms with Gasteiger partial charge in [0.1, 0.15) is 0 Å². The molecule has 0 heterocycles. The van der Waals surface area contributed by atoms with Crippen molar-refractivity contribution in [3.63, 3.8) is 0 Å². The van der Waals surface area contributed by atoms with E-state index in [4.69, 9.17) is 5.73 Å². The molecule has 4 heteroatoms. The van der Waals surface area contributed by atoms with Crippen LogP contribution in [-0.2, 0) is 9.84 Å². The number of hydrogen-bond donors (Lipinski definition) is 1. The van der Waals surface area contributed by atoms with Gasteiger partial charge in [0.05, 0.1) is 5.25 Å². The van der Waals surface area contributed by atoms with E-state index in [-0.39, 0.29) is 11.3 Å². The van der Waals surface area contributed by atoms with Gasteiger partial charge in [0.15, 0.2) is 9.84 Å². The summed E-state index contributed by atoms with van der Waals surface area (Å²) in [4.78, 5) is 0. The van der Waals surface area contributed by atoms with E-state index in [2.05, 4.69) is 0 Å². The second-order valence-electron chi connectivity index (χ2n) is 3.45. The average molecular weight is 177 g/mol. The van der Waals surface area contributed by atoms with Gasteiger partial charge in [-0.1, -0.05) is 0 Å². The van der Waals surface area contributed by atoms with E-state index in [1.807, 2.05) is 0 Å². The highest BCUT2D eigenvalue weighted by Gasteiger charge is 2.35. The standard InChI is InChI=1S/C7H15NO2S/c1-5(11(2,9)10)7(8)6-3-4-6/h5-7H,3-4,8H2,1-2H3/t5-,7+/m0/s1. The lowest BCUT2D eigenvalue weighted by Crippen LogP contribution is -2.39. The molecule has 3 nitrogen and oxygen atoms in total. The fraction of sp³-hybridized carbons (Fsp3) is 1.00. The summed E-state index contributed by atoms with van der Waals surface area (Å²) in [6.07, 6.45) is 3.45. The normalized spacial score (nSPS) is 24.6. The third kappa shape index (κ3) is 2.17. The average Bonchev–Trinajstić information content (AvgIpc) is 2.63. The summed E-state index contributed by atoms with van der Waals surface area (Å²) >= 11 is 0. The van der Waals surface area contributed by atoms with Crippen LogP contribution in [-0.4, -0.2) is 26.0 Å². The van der Waals surface area contributed by atoms with Crippen LogP contribution < -0.4 is 5.73 Å². The zero-order chi connectivity index (χ0) is 8.65. The zero-order valence-electron chi connectivity index (χ0n) is 6.95. The number of hydrogen-bond acceptors (Lipinski definition) is 3. The van der Waals surface area contributed by atoms with Crippen molar-refractivity contribution in [1.82, 2.24) is 0 Å². The van der Waals surface area contributed by atoms with E-state index in [0.29, 0.717) is 5.92 Å². The molecular weight excluding hydrogens is 162 g/mol. The Balaban J connectivity index is 2.59. The van der Waals surface area contributed by atoms with Gasteiger partial charge >= 0.3 is 0 Å². The molecule has 11 heavy (non-hydrogen) atoms. The van der Waals surface area contributed by atoms with Gasteiger partial charge in [-0.3, -0.25) is 0 Å². The van der Waals surface area contributed by atoms with Crippen molar-refractivity contribution in [2.45, 2.75) is 31.1 Å². The lowest BCUT2D eigenvalue weighted by atomic mass is 10.1. The largest absolute Gasteiger partial charge is 0.326 e. The molecule has 0 radical (unpaired) electrons. The molecule has 0 aromatic rings. The van der Waals surface area contributed by atoms with E-state index >= 15 is 0 Å². The molecule has 0 unspecified atom stereocenters. The minimum Gasteiger partial charge on any atom is -0.326 e. The van der Waals surface area contributed by atoms with Gasteiger partial charge < -0.3 is 5.73 Å². The first kappa shape index (κ1) is 9.00. The van der Waals surface area contributed by atoms with Crippen LogP contribution in [0.5, 0.6) is 0 Å². The monoisotopic (exact) mass is 177 g/mol. The summed E-state index contributed by atoms with van der Waals surface area (Å²) < 4.78 is 22.0. The SMILES string of the molecule is C[C@@H]([C@@H](N)C1CC1)S(C)(=O)=O. The molecule has 2 atom stereocenters. The van der Waals surface area contributed by atoms with Crippen LogP contribution in [0.3, 0.4) is 0 Å². The molecule has 1 fully saturated rings. The first-order chi connectivity index (χ1) is 4.93. The molecule has 0 bridgehead atoms. The predicted molar refractivity (Wildman–Crippen MR) is 45.0 cm³/mol. The van der Waals surface area contributed by atoms with Crippen LogP contribution in [0.1, 0.15) is 19.8 Å². The highest BCUT2D eigenvalue weighted by atomic mass is 32.2. The van der Waals surface area contributed by atoms with Crippen molar-refractivity contribution in [2.75, 3.05) is 6.26 Å². The van der Waals surface area contributed by atoms with Crippen molar-refractivity contribution in [1.29, 1.82) is 0 Å². The van der Waals surface area contributed by atoms with Gasteiger partial charge in [-0.15, -0.1) is 0 Å². The van der Waals surface area contributed by atoms with Crippen LogP contribution in [0.15, 0.2) is 0 Å². The van der Waals surface area contributed by atoms with Gasteiger partial charge in [0, 0.05) is 12.3 Å². The molecule has 0 saturated heterocycles. The van der Waals surface area contributed by atoms with Crippen LogP contribution in [0.4, 0.5) is 0 Å². The molecule has 1 rings (SSSR count). The maximum Gasteiger partial charge on any atom is 0.151 e. The Labute approximate surface area is 67.9 Å². The molecule has 0 aromatic heterocycles. The quantitative estimate of drug-likeness (QED) is 0.668. The fourth-order valence-electron chi connectivity index (χ4n) is 1.15. The topological polar surface area (TPSA) is 60.2 Å². The van der Waals surface area contributed by atoms with Crippen LogP contribution in [0.2, 0.25) is 0 Å². The van der Waals surface area contributed by atoms with Gasteiger partial charge in [0.2, 0.25) is 0 Å². The van der Waals surface area contributed by atoms with Gasteiger partial charge in [-0.2, -0.15) is 0 Å². The second-order valence-corrected chi connectivity index (χ2v) is 5.85. The van der Waals surface area contributed by atoms with E-state index < -0.39 is 9.84 Å². The Kier molecular flexibility index (Phi) is 2.25. The smallest absolute Gasteiger partial charge is 0.151 e. The van der Waals surface area contributed by atoms with Gasteiger partial charge in [-0.25, -0.2) is 8.42 Å². The van der Waals surface area contributed by atoms with Crippen LogP contribution in [0.25, 0.3) is 0 Å². The van der Waals surface area contributed by atoms with E-state index in [0.717, 1.165) is 12.8 Å². The lowest BCUT2D eigenvalue weighted by molar-refractivity contribution is 0.536. The van der Waals surface area contributed by atoms with Crippen molar-refractivity contribution >= 4 is 9.84 Å². The van der Waals surface area contributed by atoms with Crippen molar-refractivity contribution in [2.24, 2.45) is 11.7 Å². The molecule has 1 aliphatic carbocycles. The maximum atomic E-state index is 11.0. The van der Waals surface area contributed by atoms with Gasteiger partial charge in [-0.05, 0) is 25.7 Å². The molecule has 0 aliphatic heterocycles. The molecule has 0 spiro atoms. The molecule has 2 N–H and O–H groups in total. The number of sulfone groups is 1. The molecule has 0 aromatic carbocycles. The van der Waals surface area contributed by atoms with Gasteiger partial charge in [0.25, 0.3) is 0 Å². The molecular formula is C7H15NO2S. The summed E-state index contributed by atoms with van der Waals surface area (Å²) in [6.45, 7) is 1.69. The Morgan fingerprint density at radius 1 is 1.45 bits per heavy atom. The van der Waals surface area contributed by atoms with Crippen molar-refractivity contribution < 1.29 is 8.42 Å². The molecule has 0 amide bonds. The Bertz CT molecular complexity index is 231. The zero-order valence-corrected chi connectivity index (χ0v) is 7.76. The highest BCUT2D eigenvalue weighted by molar-refractivity contribution is 7.91. The Hall–Kier alpha value is -0.0900. The highest BCUT2D eigenvalue weighted by Crippen LogP contribution is 2.34. The molecule has 66 valence electrons. The predicted octanol–water partition coefficient (Wildman–Crippen LogP) is 0.157. The fourth-order valence-corrected chi connectivity index (χ4v) is 1.94. The third-order valence-corrected chi connectivity index (χ3v) is 4.05. The summed E-state index contributed by atoms with van der Waals surface area (Å²) in [5.41, 5.74) is 5.73. The minimum atomic E-state index is -2.93. The summed E-state index contributed by atoms with van der Waals surface area (Å²) in [5, 5.41) is -0.380. The van der Waals surface area contributed by atoms with Crippen molar-refractivity contribution in [3.8, 4) is 0 Å². The van der Waals surface area contributed by atoms with E-state index in [1.54, 1.807) is 6.92 Å². The first-order valence-corrected chi connectivity index (χ1v) is 5.83. The summed E-state index contributed by atoms with van der Waals surface area (Å²) in [7, 11) is -2.93. The van der Waals surface area contributed by atoms with Crippen LogP contribution >= 0.6 is 0 Å². The molecule has 1 saturated carbocycles. The maximum absolute atomic E-state index is 11.0.